The first-order chi connectivity index (χ1) is 23.9. The van der Waals surface area contributed by atoms with Gasteiger partial charge in [-0.25, -0.2) is 0 Å². The number of carbonyl (C=O) groups excluding carboxylic acids is 3. The number of H-pyrrole nitrogens is 1. The van der Waals surface area contributed by atoms with Gasteiger partial charge in [0.25, 0.3) is 5.91 Å². The van der Waals surface area contributed by atoms with Crippen LogP contribution in [0, 0.1) is 29.6 Å². The summed E-state index contributed by atoms with van der Waals surface area (Å²) in [6.07, 6.45) is -3.82. The van der Waals surface area contributed by atoms with Crippen molar-refractivity contribution in [1.29, 1.82) is 0 Å². The van der Waals surface area contributed by atoms with Gasteiger partial charge in [0.1, 0.15) is 0 Å². The van der Waals surface area contributed by atoms with E-state index in [1.807, 2.05) is 18.2 Å². The Morgan fingerprint density at radius 3 is 2.46 bits per heavy atom. The predicted molar refractivity (Wildman–Crippen MR) is 184 cm³/mol. The van der Waals surface area contributed by atoms with Crippen LogP contribution >= 0.6 is 39.0 Å². The number of hydrogen-bond acceptors (Lipinski definition) is 8. The molecule has 4 aliphatic rings. The van der Waals surface area contributed by atoms with Crippen molar-refractivity contribution in [2.24, 2.45) is 29.6 Å². The molecule has 0 spiro atoms. The number of nitrogens with zero attached hydrogens (tertiary/aromatic N) is 1. The van der Waals surface area contributed by atoms with Gasteiger partial charge in [-0.05, 0) is 84.3 Å². The lowest BCUT2D eigenvalue weighted by Crippen LogP contribution is -2.42. The number of carbonyl (C=O) groups is 3. The molecule has 2 bridgehead atoms. The van der Waals surface area contributed by atoms with E-state index in [4.69, 9.17) is 9.47 Å². The van der Waals surface area contributed by atoms with E-state index >= 15 is 0 Å². The van der Waals surface area contributed by atoms with Gasteiger partial charge in [0, 0.05) is 26.2 Å². The Balaban J connectivity index is 1.06. The molecule has 4 aromatic rings. The molecule has 3 fully saturated rings. The van der Waals surface area contributed by atoms with E-state index in [1.54, 1.807) is 36.0 Å². The lowest BCUT2D eigenvalue weighted by atomic mass is 9.68. The van der Waals surface area contributed by atoms with Crippen LogP contribution in [0.15, 0.2) is 81.0 Å². The van der Waals surface area contributed by atoms with Crippen LogP contribution in [0.4, 0.5) is 24.5 Å². The number of amides is 3. The number of rotatable bonds is 7. The minimum Gasteiger partial charge on any atom is -0.493 e. The third-order valence-electron chi connectivity index (χ3n) is 10.2. The maximum atomic E-state index is 14.0. The summed E-state index contributed by atoms with van der Waals surface area (Å²) in [5.74, 6) is -1.78. The lowest BCUT2D eigenvalue weighted by Gasteiger charge is -2.43. The van der Waals surface area contributed by atoms with Crippen molar-refractivity contribution < 1.29 is 37.0 Å². The zero-order valence-corrected chi connectivity index (χ0v) is 29.3. The van der Waals surface area contributed by atoms with Crippen molar-refractivity contribution in [3.05, 3.63) is 96.9 Å². The molecule has 1 saturated heterocycles. The van der Waals surface area contributed by atoms with E-state index in [0.29, 0.717) is 11.4 Å². The average molecular weight is 787 g/mol. The number of ether oxygens (including phenoxy) is 2. The van der Waals surface area contributed by atoms with E-state index in [1.165, 1.54) is 24.1 Å². The minimum atomic E-state index is -4.55. The molecule has 2 aliphatic heterocycles. The van der Waals surface area contributed by atoms with Gasteiger partial charge in [-0.1, -0.05) is 39.4 Å². The normalized spacial score (nSPS) is 26.4. The maximum absolute atomic E-state index is 14.0. The smallest absolute Gasteiger partial charge is 0.416 e. The van der Waals surface area contributed by atoms with Crippen molar-refractivity contribution in [3.63, 3.8) is 0 Å². The second-order valence-corrected chi connectivity index (χ2v) is 15.9. The first-order valence-electron chi connectivity index (χ1n) is 15.7. The molecule has 1 aromatic heterocycles. The topological polar surface area (TPSA) is 118 Å². The summed E-state index contributed by atoms with van der Waals surface area (Å²) in [4.78, 5) is 58.2. The second-order valence-electron chi connectivity index (χ2n) is 12.8. The molecule has 2 N–H and O–H groups in total. The van der Waals surface area contributed by atoms with Crippen molar-refractivity contribution in [1.82, 2.24) is 4.98 Å². The average Bonchev–Trinajstić information content (AvgIpc) is 3.82. The molecule has 15 heteroatoms. The summed E-state index contributed by atoms with van der Waals surface area (Å²) in [5, 5.41) is 3.18. The Bertz CT molecular complexity index is 2100. The molecule has 258 valence electrons. The van der Waals surface area contributed by atoms with Gasteiger partial charge in [0.05, 0.1) is 35.2 Å². The molecular formula is C35H27BrF3N3O6S2. The summed E-state index contributed by atoms with van der Waals surface area (Å²) < 4.78 is 51.6. The summed E-state index contributed by atoms with van der Waals surface area (Å²) in [5.41, 5.74) is 0.484. The molecule has 3 amide bonds. The lowest BCUT2D eigenvalue weighted by molar-refractivity contribution is -0.137. The molecule has 2 aliphatic carbocycles. The Morgan fingerprint density at radius 1 is 1.00 bits per heavy atom. The van der Waals surface area contributed by atoms with Crippen LogP contribution in [0.1, 0.15) is 28.3 Å². The highest BCUT2D eigenvalue weighted by Gasteiger charge is 2.69. The van der Waals surface area contributed by atoms with Crippen molar-refractivity contribution >= 4 is 68.1 Å². The third-order valence-corrected chi connectivity index (χ3v) is 13.3. The standard InChI is InChI=1S/C35H27BrF3N3O6S2/c1-47-23-11-15(5-10-22(23)48-14-24(43)40-18-4-2-3-16(12-18)35(37,38)39)25-26-20-13-21(29(26)49-31-30(25)50-34(46)41-31)28-27(20)32(44)42(33(28)45)19-8-6-17(36)7-9-19/h2-12,20-21,25-29H,13-14H2,1H3,(H,40,43)(H,41,46)/t20?,21?,25-,26?,27?,28?,29?/m1/s1. The monoisotopic (exact) mass is 785 g/mol. The van der Waals surface area contributed by atoms with Crippen LogP contribution in [0.2, 0.25) is 0 Å². The Kier molecular flexibility index (Phi) is 8.14. The van der Waals surface area contributed by atoms with Crippen LogP contribution in [0.25, 0.3) is 0 Å². The largest absolute Gasteiger partial charge is 0.493 e. The van der Waals surface area contributed by atoms with Crippen LogP contribution in [-0.2, 0) is 20.6 Å². The SMILES string of the molecule is COc1cc([C@H]2c3sc(=O)[nH]c3SC3C4CC(C5C(=O)N(c6ccc(Br)cc6)C(=O)C45)C32)ccc1OCC(=O)Nc1cccc(C(F)(F)F)c1. The fraction of sp³-hybridized carbons (Fsp3) is 0.314. The number of imide groups is 1. The number of halogens is 4. The van der Waals surface area contributed by atoms with Gasteiger partial charge in [-0.15, -0.1) is 11.8 Å². The number of aromatic amines is 1. The van der Waals surface area contributed by atoms with Gasteiger partial charge in [0.15, 0.2) is 18.1 Å². The van der Waals surface area contributed by atoms with Gasteiger partial charge in [-0.3, -0.25) is 24.1 Å². The number of aromatic nitrogens is 1. The predicted octanol–water partition coefficient (Wildman–Crippen LogP) is 6.92. The van der Waals surface area contributed by atoms with Gasteiger partial charge in [-0.2, -0.15) is 13.2 Å². The van der Waals surface area contributed by atoms with E-state index in [2.05, 4.69) is 26.2 Å². The maximum Gasteiger partial charge on any atom is 0.416 e. The number of nitrogens with one attached hydrogen (secondary N) is 2. The van der Waals surface area contributed by atoms with Gasteiger partial charge < -0.3 is 19.8 Å². The number of anilines is 2. The Morgan fingerprint density at radius 2 is 1.74 bits per heavy atom. The van der Waals surface area contributed by atoms with Crippen LogP contribution in [0.5, 0.6) is 11.5 Å². The number of fused-ring (bicyclic) bond motifs is 9. The zero-order chi connectivity index (χ0) is 35.1. The van der Waals surface area contributed by atoms with Crippen LogP contribution < -0.4 is 24.6 Å². The number of alkyl halides is 3. The van der Waals surface area contributed by atoms with Gasteiger partial charge >= 0.3 is 11.0 Å². The number of thioether (sulfide) groups is 1. The van der Waals surface area contributed by atoms with Crippen molar-refractivity contribution in [3.8, 4) is 11.5 Å². The van der Waals surface area contributed by atoms with Crippen LogP contribution in [-0.4, -0.2) is 41.7 Å². The molecule has 3 aromatic carbocycles. The summed E-state index contributed by atoms with van der Waals surface area (Å²) >= 11 is 6.14. The summed E-state index contributed by atoms with van der Waals surface area (Å²) in [6.45, 7) is -0.488. The Hall–Kier alpha value is -4.08. The first kappa shape index (κ1) is 33.1. The van der Waals surface area contributed by atoms with Gasteiger partial charge in [0.2, 0.25) is 11.8 Å². The third kappa shape index (κ3) is 5.44. The molecule has 9 nitrogen and oxygen atoms in total. The second kappa shape index (κ2) is 12.3. The molecule has 50 heavy (non-hydrogen) atoms. The molecule has 7 atom stereocenters. The number of thiazole rings is 1. The number of methoxy groups -OCH3 is 1. The highest BCUT2D eigenvalue weighted by molar-refractivity contribution is 9.10. The fourth-order valence-electron chi connectivity index (χ4n) is 8.35. The molecule has 6 unspecified atom stereocenters. The minimum absolute atomic E-state index is 0.00733. The van der Waals surface area contributed by atoms with Crippen LogP contribution in [0.3, 0.4) is 0 Å². The molecule has 2 saturated carbocycles. The van der Waals surface area contributed by atoms with E-state index in [-0.39, 0.29) is 57.0 Å². The summed E-state index contributed by atoms with van der Waals surface area (Å²) in [7, 11) is 1.45. The van der Waals surface area contributed by atoms with Crippen molar-refractivity contribution in [2.75, 3.05) is 23.9 Å². The number of benzene rings is 3. The molecular weight excluding hydrogens is 759 g/mol. The zero-order valence-electron chi connectivity index (χ0n) is 26.0. The van der Waals surface area contributed by atoms with E-state index < -0.39 is 36.1 Å². The van der Waals surface area contributed by atoms with Crippen molar-refractivity contribution in [2.45, 2.75) is 28.8 Å². The van der Waals surface area contributed by atoms with E-state index in [0.717, 1.165) is 49.8 Å². The summed E-state index contributed by atoms with van der Waals surface area (Å²) in [6, 6.07) is 16.8. The highest BCUT2D eigenvalue weighted by Crippen LogP contribution is 2.68. The molecule has 8 rings (SSSR count). The first-order valence-corrected chi connectivity index (χ1v) is 18.2. The molecule has 3 heterocycles. The fourth-order valence-corrected chi connectivity index (χ4v) is 11.5. The molecule has 0 radical (unpaired) electrons. The Labute approximate surface area is 299 Å². The quantitative estimate of drug-likeness (QED) is 0.196. The van der Waals surface area contributed by atoms with E-state index in [9.17, 15) is 32.3 Å². The number of hydrogen-bond donors (Lipinski definition) is 2. The highest BCUT2D eigenvalue weighted by atomic mass is 79.9.